The van der Waals surface area contributed by atoms with Crippen LogP contribution in [-0.2, 0) is 0 Å². The van der Waals surface area contributed by atoms with Gasteiger partial charge in [-0.2, -0.15) is 0 Å². The highest BCUT2D eigenvalue weighted by Crippen LogP contribution is 1.95. The van der Waals surface area contributed by atoms with Crippen LogP contribution in [0.3, 0.4) is 0 Å². The Morgan fingerprint density at radius 2 is 1.82 bits per heavy atom. The van der Waals surface area contributed by atoms with E-state index in [4.69, 9.17) is 0 Å². The molecule has 1 saturated heterocycles. The lowest BCUT2D eigenvalue weighted by Crippen LogP contribution is -2.61. The molecular weight excluding hydrogens is 146 g/mol. The summed E-state index contributed by atoms with van der Waals surface area (Å²) in [4.78, 5) is 21.4. The zero-order chi connectivity index (χ0) is 8.27. The van der Waals surface area contributed by atoms with Crippen LogP contribution in [0.1, 0.15) is 19.8 Å². The summed E-state index contributed by atoms with van der Waals surface area (Å²) in [5.74, 6) is 0. The summed E-state index contributed by atoms with van der Waals surface area (Å²) in [6.45, 7) is 1.99. The van der Waals surface area contributed by atoms with E-state index in [1.54, 1.807) is 0 Å². The fourth-order valence-electron chi connectivity index (χ4n) is 0.961. The van der Waals surface area contributed by atoms with E-state index in [2.05, 4.69) is 16.0 Å². The molecule has 0 aliphatic carbocycles. The molecule has 0 bridgehead atoms. The summed E-state index contributed by atoms with van der Waals surface area (Å²) in [5, 5.41) is 7.20. The molecule has 0 unspecified atom stereocenters. The zero-order valence-electron chi connectivity index (χ0n) is 6.31. The highest BCUT2D eigenvalue weighted by molar-refractivity contribution is 5.95. The van der Waals surface area contributed by atoms with E-state index in [1.807, 2.05) is 6.92 Å². The van der Waals surface area contributed by atoms with Gasteiger partial charge in [-0.25, -0.2) is 9.59 Å². The third kappa shape index (κ3) is 2.10. The first-order valence-corrected chi connectivity index (χ1v) is 3.60. The van der Waals surface area contributed by atoms with Crippen molar-refractivity contribution in [2.45, 2.75) is 25.9 Å². The van der Waals surface area contributed by atoms with Crippen molar-refractivity contribution in [3.8, 4) is 0 Å². The Morgan fingerprint density at radius 3 is 2.27 bits per heavy atom. The molecule has 0 atom stereocenters. The second-order valence-corrected chi connectivity index (χ2v) is 2.41. The van der Waals surface area contributed by atoms with E-state index in [9.17, 15) is 9.59 Å². The second kappa shape index (κ2) is 3.23. The molecule has 11 heavy (non-hydrogen) atoms. The maximum absolute atomic E-state index is 10.7. The number of carbonyl (C=O) groups is 2. The van der Waals surface area contributed by atoms with Crippen molar-refractivity contribution in [2.24, 2.45) is 0 Å². The van der Waals surface area contributed by atoms with Crippen molar-refractivity contribution in [2.75, 3.05) is 0 Å². The van der Waals surface area contributed by atoms with Crippen LogP contribution in [-0.4, -0.2) is 18.2 Å². The van der Waals surface area contributed by atoms with Gasteiger partial charge in [0, 0.05) is 0 Å². The lowest BCUT2D eigenvalue weighted by Gasteiger charge is -2.24. The van der Waals surface area contributed by atoms with Crippen molar-refractivity contribution in [1.29, 1.82) is 0 Å². The predicted octanol–water partition coefficient (Wildman–Crippen LogP) is 0.135. The molecule has 5 heteroatoms. The van der Waals surface area contributed by atoms with Crippen LogP contribution in [0.5, 0.6) is 0 Å². The molecule has 0 radical (unpaired) electrons. The monoisotopic (exact) mass is 157 g/mol. The van der Waals surface area contributed by atoms with Gasteiger partial charge in [0.15, 0.2) is 0 Å². The van der Waals surface area contributed by atoms with Crippen LogP contribution in [0.25, 0.3) is 0 Å². The molecule has 3 N–H and O–H groups in total. The van der Waals surface area contributed by atoms with Crippen molar-refractivity contribution in [3.63, 3.8) is 0 Å². The lowest BCUT2D eigenvalue weighted by molar-refractivity contribution is 0.207. The molecule has 1 heterocycles. The molecule has 1 rings (SSSR count). The van der Waals surface area contributed by atoms with Crippen molar-refractivity contribution >= 4 is 12.1 Å². The molecule has 1 aliphatic rings. The van der Waals surface area contributed by atoms with Gasteiger partial charge < -0.3 is 10.6 Å². The Bertz CT molecular complexity index is 165. The molecule has 1 aliphatic heterocycles. The van der Waals surface area contributed by atoms with E-state index in [0.717, 1.165) is 12.8 Å². The van der Waals surface area contributed by atoms with Crippen LogP contribution in [0.2, 0.25) is 0 Å². The summed E-state index contributed by atoms with van der Waals surface area (Å²) >= 11 is 0. The van der Waals surface area contributed by atoms with Gasteiger partial charge in [-0.15, -0.1) is 0 Å². The number of hydrogen-bond acceptors (Lipinski definition) is 2. The number of imide groups is 1. The van der Waals surface area contributed by atoms with E-state index in [-0.39, 0.29) is 6.17 Å². The smallest absolute Gasteiger partial charge is 0.318 e. The summed E-state index contributed by atoms with van der Waals surface area (Å²) in [6.07, 6.45) is 1.48. The third-order valence-electron chi connectivity index (χ3n) is 1.42. The van der Waals surface area contributed by atoms with Crippen LogP contribution < -0.4 is 16.0 Å². The molecule has 0 aromatic carbocycles. The Kier molecular flexibility index (Phi) is 2.30. The molecule has 0 spiro atoms. The lowest BCUT2D eigenvalue weighted by atomic mass is 10.2. The van der Waals surface area contributed by atoms with E-state index in [0.29, 0.717) is 0 Å². The van der Waals surface area contributed by atoms with Gasteiger partial charge in [0.1, 0.15) is 6.17 Å². The van der Waals surface area contributed by atoms with E-state index < -0.39 is 12.1 Å². The minimum atomic E-state index is -0.424. The second-order valence-electron chi connectivity index (χ2n) is 2.41. The maximum atomic E-state index is 10.7. The van der Waals surface area contributed by atoms with Crippen LogP contribution in [0, 0.1) is 0 Å². The zero-order valence-corrected chi connectivity index (χ0v) is 6.31. The maximum Gasteiger partial charge on any atom is 0.324 e. The highest BCUT2D eigenvalue weighted by atomic mass is 16.2. The van der Waals surface area contributed by atoms with Crippen LogP contribution in [0.15, 0.2) is 0 Å². The van der Waals surface area contributed by atoms with Crippen LogP contribution in [0.4, 0.5) is 9.59 Å². The summed E-state index contributed by atoms with van der Waals surface area (Å²) < 4.78 is 0. The molecule has 0 aromatic rings. The molecule has 5 nitrogen and oxygen atoms in total. The fourth-order valence-corrected chi connectivity index (χ4v) is 0.961. The summed E-state index contributed by atoms with van der Waals surface area (Å²) in [6, 6.07) is -0.848. The van der Waals surface area contributed by atoms with Gasteiger partial charge in [0.2, 0.25) is 0 Å². The first-order valence-electron chi connectivity index (χ1n) is 3.60. The largest absolute Gasteiger partial charge is 0.324 e. The predicted molar refractivity (Wildman–Crippen MR) is 38.9 cm³/mol. The molecule has 0 saturated carbocycles. The summed E-state index contributed by atoms with van der Waals surface area (Å²) in [5.41, 5.74) is 0. The first kappa shape index (κ1) is 7.84. The normalized spacial score (nSPS) is 18.6. The Morgan fingerprint density at radius 1 is 1.27 bits per heavy atom. The van der Waals surface area contributed by atoms with Crippen molar-refractivity contribution in [3.05, 3.63) is 0 Å². The number of carbonyl (C=O) groups excluding carboxylic acids is 2. The summed E-state index contributed by atoms with van der Waals surface area (Å²) in [7, 11) is 0. The Hall–Kier alpha value is -1.26. The van der Waals surface area contributed by atoms with Gasteiger partial charge in [-0.1, -0.05) is 13.3 Å². The van der Waals surface area contributed by atoms with Gasteiger partial charge >= 0.3 is 12.1 Å². The number of rotatable bonds is 2. The van der Waals surface area contributed by atoms with Gasteiger partial charge in [-0.05, 0) is 6.42 Å². The fraction of sp³-hybridized carbons (Fsp3) is 0.667. The van der Waals surface area contributed by atoms with Crippen LogP contribution >= 0.6 is 0 Å². The molecule has 62 valence electrons. The van der Waals surface area contributed by atoms with Gasteiger partial charge in [0.25, 0.3) is 0 Å². The van der Waals surface area contributed by atoms with E-state index in [1.165, 1.54) is 0 Å². The highest BCUT2D eigenvalue weighted by Gasteiger charge is 2.20. The molecular formula is C6H11N3O2. The Labute approximate surface area is 64.5 Å². The SMILES string of the molecule is CCCC1NC(=O)NC(=O)N1. The number of amides is 4. The average Bonchev–Trinajstić information content (AvgIpc) is 1.85. The number of hydrogen-bond donors (Lipinski definition) is 3. The number of urea groups is 2. The average molecular weight is 157 g/mol. The Balaban J connectivity index is 2.43. The molecule has 1 fully saturated rings. The topological polar surface area (TPSA) is 70.2 Å². The van der Waals surface area contributed by atoms with Gasteiger partial charge in [-0.3, -0.25) is 5.32 Å². The standard InChI is InChI=1S/C6H11N3O2/c1-2-3-4-7-5(10)9-6(11)8-4/h4H,2-3H2,1H3,(H3,7,8,9,10,11). The minimum Gasteiger partial charge on any atom is -0.318 e. The molecule has 4 amide bonds. The van der Waals surface area contributed by atoms with Crippen molar-refractivity contribution < 1.29 is 9.59 Å². The quantitative estimate of drug-likeness (QED) is 0.533. The first-order chi connectivity index (χ1) is 5.22. The van der Waals surface area contributed by atoms with Crippen molar-refractivity contribution in [1.82, 2.24) is 16.0 Å². The number of nitrogens with one attached hydrogen (secondary N) is 3. The minimum absolute atomic E-state index is 0.207. The third-order valence-corrected chi connectivity index (χ3v) is 1.42. The van der Waals surface area contributed by atoms with E-state index >= 15 is 0 Å². The molecule has 0 aromatic heterocycles. The van der Waals surface area contributed by atoms with Gasteiger partial charge in [0.05, 0.1) is 0 Å².